The first kappa shape index (κ1) is 16.5. The van der Waals surface area contributed by atoms with Gasteiger partial charge in [-0.2, -0.15) is 0 Å². The van der Waals surface area contributed by atoms with Crippen molar-refractivity contribution in [1.29, 1.82) is 0 Å². The second kappa shape index (κ2) is 6.11. The van der Waals surface area contributed by atoms with Gasteiger partial charge < -0.3 is 0 Å². The van der Waals surface area contributed by atoms with Crippen LogP contribution in [0.4, 0.5) is 22.0 Å². The predicted molar refractivity (Wildman–Crippen MR) is 76.6 cm³/mol. The lowest BCUT2D eigenvalue weighted by Crippen LogP contribution is -2.31. The lowest BCUT2D eigenvalue weighted by Gasteiger charge is -2.26. The molecule has 0 unspecified atom stereocenters. The zero-order valence-electron chi connectivity index (χ0n) is 12.2. The monoisotopic (exact) mass is 312 g/mol. The quantitative estimate of drug-likeness (QED) is 0.343. The Morgan fingerprint density at radius 1 is 0.773 bits per heavy atom. The third kappa shape index (κ3) is 3.01. The minimum Gasteiger partial charge on any atom is -0.203 e. The van der Waals surface area contributed by atoms with Crippen LogP contribution in [-0.2, 0) is 11.6 Å². The molecule has 0 radical (unpaired) electrons. The average Bonchev–Trinajstić information content (AvgIpc) is 2.50. The summed E-state index contributed by atoms with van der Waals surface area (Å²) in [5, 5.41) is -1.20. The predicted octanol–water partition coefficient (Wildman–Crippen LogP) is 4.25. The normalized spacial score (nSPS) is 11.6. The maximum atomic E-state index is 13.9. The largest absolute Gasteiger partial charge is 0.203 e. The van der Waals surface area contributed by atoms with Crippen LogP contribution < -0.4 is 0 Å². The molecular weight excluding hydrogens is 298 g/mol. The van der Waals surface area contributed by atoms with Crippen LogP contribution in [0.5, 0.6) is 0 Å². The van der Waals surface area contributed by atoms with Crippen LogP contribution in [0.15, 0.2) is 30.3 Å². The summed E-state index contributed by atoms with van der Waals surface area (Å²) in [6.07, 6.45) is 0.466. The first-order chi connectivity index (χ1) is 10.3. The first-order valence-electron chi connectivity index (χ1n) is 6.81. The fourth-order valence-corrected chi connectivity index (χ4v) is 2.43. The Labute approximate surface area is 126 Å². The SMILES string of the molecule is CC(C)(BCc1ccccc1)c1c(F)c(F)c(F)c(F)c1F. The summed E-state index contributed by atoms with van der Waals surface area (Å²) in [6.45, 7) is 2.93. The van der Waals surface area contributed by atoms with Crippen LogP contribution in [0.25, 0.3) is 0 Å². The lowest BCUT2D eigenvalue weighted by molar-refractivity contribution is 0.362. The Hall–Kier alpha value is -1.85. The minimum absolute atomic E-state index is 0.245. The molecule has 116 valence electrons. The van der Waals surface area contributed by atoms with Crippen molar-refractivity contribution in [2.24, 2.45) is 0 Å². The Morgan fingerprint density at radius 3 is 1.73 bits per heavy atom. The second-order valence-electron chi connectivity index (χ2n) is 5.81. The molecule has 0 atom stereocenters. The van der Waals surface area contributed by atoms with Crippen LogP contribution in [0.1, 0.15) is 25.0 Å². The molecular formula is C16H14BF5. The maximum absolute atomic E-state index is 13.9. The molecule has 2 aromatic carbocycles. The van der Waals surface area contributed by atoms with Crippen molar-refractivity contribution in [2.75, 3.05) is 0 Å². The lowest BCUT2D eigenvalue weighted by atomic mass is 9.48. The van der Waals surface area contributed by atoms with Gasteiger partial charge in [0.25, 0.3) is 0 Å². The van der Waals surface area contributed by atoms with E-state index < -0.39 is 40.0 Å². The number of hydrogen-bond donors (Lipinski definition) is 0. The highest BCUT2D eigenvalue weighted by Crippen LogP contribution is 2.32. The molecule has 0 N–H and O–H groups in total. The molecule has 0 aliphatic heterocycles. The standard InChI is InChI=1S/C16H14BF5/c1-16(2,17-8-9-6-4-3-5-7-9)10-11(18)13(20)15(22)14(21)12(10)19/h3-7,17H,8H2,1-2H3. The fraction of sp³-hybridized carbons (Fsp3) is 0.250. The molecule has 2 aromatic rings. The van der Waals surface area contributed by atoms with Gasteiger partial charge in [-0.15, -0.1) is 0 Å². The van der Waals surface area contributed by atoms with Gasteiger partial charge in [-0.3, -0.25) is 0 Å². The van der Waals surface area contributed by atoms with Crippen molar-refractivity contribution >= 4 is 7.28 Å². The van der Waals surface area contributed by atoms with Gasteiger partial charge in [-0.05, 0) is 5.31 Å². The molecule has 0 saturated heterocycles. The molecule has 0 fully saturated rings. The Morgan fingerprint density at radius 2 is 1.23 bits per heavy atom. The van der Waals surface area contributed by atoms with Crippen molar-refractivity contribution < 1.29 is 22.0 Å². The minimum atomic E-state index is -2.13. The van der Waals surface area contributed by atoms with E-state index in [2.05, 4.69) is 0 Å². The van der Waals surface area contributed by atoms with E-state index in [4.69, 9.17) is 0 Å². The highest BCUT2D eigenvalue weighted by atomic mass is 19.2. The summed E-state index contributed by atoms with van der Waals surface area (Å²) in [7, 11) is 0.245. The molecule has 0 heterocycles. The molecule has 22 heavy (non-hydrogen) atoms. The van der Waals surface area contributed by atoms with Crippen LogP contribution >= 0.6 is 0 Å². The Balaban J connectivity index is 2.37. The van der Waals surface area contributed by atoms with Gasteiger partial charge in [0.05, 0.1) is 0 Å². The van der Waals surface area contributed by atoms with Gasteiger partial charge in [0, 0.05) is 5.56 Å². The van der Waals surface area contributed by atoms with Crippen LogP contribution in [0.3, 0.4) is 0 Å². The van der Waals surface area contributed by atoms with E-state index in [-0.39, 0.29) is 7.28 Å². The van der Waals surface area contributed by atoms with E-state index in [1.807, 2.05) is 30.3 Å². The topological polar surface area (TPSA) is 0 Å². The van der Waals surface area contributed by atoms with E-state index >= 15 is 0 Å². The maximum Gasteiger partial charge on any atom is 0.200 e. The van der Waals surface area contributed by atoms with E-state index in [1.54, 1.807) is 0 Å². The Kier molecular flexibility index (Phi) is 4.59. The average molecular weight is 312 g/mol. The number of halogens is 5. The third-order valence-corrected chi connectivity index (χ3v) is 3.77. The zero-order valence-corrected chi connectivity index (χ0v) is 12.2. The molecule has 0 nitrogen and oxygen atoms in total. The van der Waals surface area contributed by atoms with Gasteiger partial charge in [0.1, 0.15) is 7.28 Å². The second-order valence-corrected chi connectivity index (χ2v) is 5.81. The molecule has 0 saturated carbocycles. The van der Waals surface area contributed by atoms with Crippen LogP contribution in [0, 0.1) is 29.1 Å². The number of benzene rings is 2. The molecule has 0 aliphatic rings. The van der Waals surface area contributed by atoms with Crippen molar-refractivity contribution in [1.82, 2.24) is 0 Å². The van der Waals surface area contributed by atoms with E-state index in [0.29, 0.717) is 6.32 Å². The van der Waals surface area contributed by atoms with E-state index in [9.17, 15) is 22.0 Å². The highest BCUT2D eigenvalue weighted by Gasteiger charge is 2.35. The van der Waals surface area contributed by atoms with Crippen molar-refractivity contribution in [3.63, 3.8) is 0 Å². The van der Waals surface area contributed by atoms with Crippen LogP contribution in [-0.4, -0.2) is 7.28 Å². The van der Waals surface area contributed by atoms with Crippen molar-refractivity contribution in [2.45, 2.75) is 25.5 Å². The van der Waals surface area contributed by atoms with Gasteiger partial charge in [0.2, 0.25) is 5.82 Å². The van der Waals surface area contributed by atoms with E-state index in [1.165, 1.54) is 13.8 Å². The molecule has 0 spiro atoms. The highest BCUT2D eigenvalue weighted by molar-refractivity contribution is 6.39. The Bertz CT molecular complexity index is 654. The van der Waals surface area contributed by atoms with E-state index in [0.717, 1.165) is 5.56 Å². The van der Waals surface area contributed by atoms with Crippen molar-refractivity contribution in [3.8, 4) is 0 Å². The summed E-state index contributed by atoms with van der Waals surface area (Å²) in [4.78, 5) is 0. The molecule has 2 rings (SSSR count). The fourth-order valence-electron chi connectivity index (χ4n) is 2.43. The number of rotatable bonds is 4. The third-order valence-electron chi connectivity index (χ3n) is 3.77. The van der Waals surface area contributed by atoms with Crippen molar-refractivity contribution in [3.05, 3.63) is 70.5 Å². The molecule has 0 aromatic heterocycles. The van der Waals surface area contributed by atoms with Gasteiger partial charge in [-0.25, -0.2) is 22.0 Å². The van der Waals surface area contributed by atoms with Gasteiger partial charge >= 0.3 is 0 Å². The van der Waals surface area contributed by atoms with Crippen LogP contribution in [0.2, 0.25) is 0 Å². The molecule has 0 amide bonds. The first-order valence-corrected chi connectivity index (χ1v) is 6.81. The number of hydrogen-bond acceptors (Lipinski definition) is 0. The summed E-state index contributed by atoms with van der Waals surface area (Å²) in [6, 6.07) is 9.16. The summed E-state index contributed by atoms with van der Waals surface area (Å²) >= 11 is 0. The zero-order chi connectivity index (χ0) is 16.5. The summed E-state index contributed by atoms with van der Waals surface area (Å²) in [5.41, 5.74) is 0.166. The van der Waals surface area contributed by atoms with Gasteiger partial charge in [-0.1, -0.05) is 56.1 Å². The summed E-state index contributed by atoms with van der Waals surface area (Å²) in [5.74, 6) is -9.44. The molecule has 0 bridgehead atoms. The smallest absolute Gasteiger partial charge is 0.200 e. The summed E-state index contributed by atoms with van der Waals surface area (Å²) < 4.78 is 67.6. The van der Waals surface area contributed by atoms with Gasteiger partial charge in [0.15, 0.2) is 23.3 Å². The molecule has 0 aliphatic carbocycles. The molecule has 6 heteroatoms.